The summed E-state index contributed by atoms with van der Waals surface area (Å²) in [6.07, 6.45) is 0. The zero-order valence-electron chi connectivity index (χ0n) is 13.5. The molecule has 0 fully saturated rings. The first kappa shape index (κ1) is 16.3. The molecule has 0 saturated carbocycles. The van der Waals surface area contributed by atoms with Crippen LogP contribution in [0.5, 0.6) is 0 Å². The number of hydrogen-bond donors (Lipinski definition) is 1. The first-order valence-corrected chi connectivity index (χ1v) is 8.04. The SMILES string of the molecule is C[C@@H](NC(=O)Cn1c(=O)n(C)c2ccccc21)c1cccc(Cl)c1. The van der Waals surface area contributed by atoms with Crippen LogP contribution in [0.3, 0.4) is 0 Å². The van der Waals surface area contributed by atoms with E-state index in [0.717, 1.165) is 16.6 Å². The highest BCUT2D eigenvalue weighted by Gasteiger charge is 2.15. The molecule has 24 heavy (non-hydrogen) atoms. The molecule has 0 unspecified atom stereocenters. The van der Waals surface area contributed by atoms with Crippen molar-refractivity contribution in [1.29, 1.82) is 0 Å². The van der Waals surface area contributed by atoms with E-state index in [0.29, 0.717) is 5.02 Å². The zero-order valence-corrected chi connectivity index (χ0v) is 14.2. The number of hydrogen-bond acceptors (Lipinski definition) is 2. The second-order valence-electron chi connectivity index (χ2n) is 5.76. The number of imidazole rings is 1. The maximum absolute atomic E-state index is 12.4. The van der Waals surface area contributed by atoms with E-state index in [-0.39, 0.29) is 24.2 Å². The molecule has 124 valence electrons. The molecule has 0 aliphatic rings. The van der Waals surface area contributed by atoms with Gasteiger partial charge >= 0.3 is 5.69 Å². The fraction of sp³-hybridized carbons (Fsp3) is 0.222. The zero-order chi connectivity index (χ0) is 17.3. The van der Waals surface area contributed by atoms with Crippen LogP contribution in [0.15, 0.2) is 53.3 Å². The second kappa shape index (κ2) is 6.53. The van der Waals surface area contributed by atoms with Crippen molar-refractivity contribution >= 4 is 28.5 Å². The summed E-state index contributed by atoms with van der Waals surface area (Å²) in [5, 5.41) is 3.53. The van der Waals surface area contributed by atoms with Gasteiger partial charge in [-0.1, -0.05) is 35.9 Å². The molecule has 0 aliphatic heterocycles. The molecule has 5 nitrogen and oxygen atoms in total. The monoisotopic (exact) mass is 343 g/mol. The second-order valence-corrected chi connectivity index (χ2v) is 6.20. The van der Waals surface area contributed by atoms with Crippen molar-refractivity contribution in [1.82, 2.24) is 14.5 Å². The molecule has 1 amide bonds. The molecule has 0 aliphatic carbocycles. The van der Waals surface area contributed by atoms with E-state index >= 15 is 0 Å². The van der Waals surface area contributed by atoms with Crippen LogP contribution in [-0.4, -0.2) is 15.0 Å². The highest BCUT2D eigenvalue weighted by Crippen LogP contribution is 2.17. The van der Waals surface area contributed by atoms with Gasteiger partial charge in [0.15, 0.2) is 0 Å². The third kappa shape index (κ3) is 3.08. The van der Waals surface area contributed by atoms with Gasteiger partial charge in [-0.15, -0.1) is 0 Å². The van der Waals surface area contributed by atoms with E-state index in [9.17, 15) is 9.59 Å². The Morgan fingerprint density at radius 3 is 2.58 bits per heavy atom. The molecule has 1 atom stereocenters. The van der Waals surface area contributed by atoms with E-state index < -0.39 is 0 Å². The van der Waals surface area contributed by atoms with Gasteiger partial charge in [-0.25, -0.2) is 4.79 Å². The van der Waals surface area contributed by atoms with E-state index in [1.807, 2.05) is 49.4 Å². The van der Waals surface area contributed by atoms with Crippen LogP contribution >= 0.6 is 11.6 Å². The molecule has 1 N–H and O–H groups in total. The van der Waals surface area contributed by atoms with Crippen LogP contribution in [0.25, 0.3) is 11.0 Å². The molecule has 6 heteroatoms. The summed E-state index contributed by atoms with van der Waals surface area (Å²) in [5.41, 5.74) is 2.26. The summed E-state index contributed by atoms with van der Waals surface area (Å²) < 4.78 is 3.03. The average Bonchev–Trinajstić information content (AvgIpc) is 2.80. The highest BCUT2D eigenvalue weighted by atomic mass is 35.5. The molecule has 0 bridgehead atoms. The standard InChI is InChI=1S/C18H18ClN3O2/c1-12(13-6-5-7-14(19)10-13)20-17(23)11-22-16-9-4-3-8-15(16)21(2)18(22)24/h3-10,12H,11H2,1-2H3,(H,20,23)/t12-/m1/s1. The largest absolute Gasteiger partial charge is 0.348 e. The smallest absolute Gasteiger partial charge is 0.329 e. The first-order chi connectivity index (χ1) is 11.5. The quantitative estimate of drug-likeness (QED) is 0.792. The third-order valence-corrected chi connectivity index (χ3v) is 4.31. The van der Waals surface area contributed by atoms with Crippen molar-refractivity contribution < 1.29 is 4.79 Å². The number of fused-ring (bicyclic) bond motifs is 1. The molecule has 1 heterocycles. The van der Waals surface area contributed by atoms with Gasteiger partial charge < -0.3 is 5.32 Å². The van der Waals surface area contributed by atoms with Gasteiger partial charge in [-0.2, -0.15) is 0 Å². The van der Waals surface area contributed by atoms with Crippen molar-refractivity contribution in [2.24, 2.45) is 7.05 Å². The van der Waals surface area contributed by atoms with Crippen LogP contribution in [0, 0.1) is 0 Å². The lowest BCUT2D eigenvalue weighted by molar-refractivity contribution is -0.122. The van der Waals surface area contributed by atoms with E-state index in [4.69, 9.17) is 11.6 Å². The van der Waals surface area contributed by atoms with Crippen molar-refractivity contribution in [2.45, 2.75) is 19.5 Å². The fourth-order valence-corrected chi connectivity index (χ4v) is 3.00. The van der Waals surface area contributed by atoms with Gasteiger partial charge in [0.1, 0.15) is 6.54 Å². The van der Waals surface area contributed by atoms with Crippen LogP contribution < -0.4 is 11.0 Å². The average molecular weight is 344 g/mol. The van der Waals surface area contributed by atoms with Gasteiger partial charge in [0.2, 0.25) is 5.91 Å². The van der Waals surface area contributed by atoms with Crippen LogP contribution in [0.4, 0.5) is 0 Å². The predicted octanol–water partition coefficient (Wildman–Crippen LogP) is 2.87. The minimum Gasteiger partial charge on any atom is -0.348 e. The summed E-state index contributed by atoms with van der Waals surface area (Å²) in [7, 11) is 1.70. The van der Waals surface area contributed by atoms with Gasteiger partial charge in [0.05, 0.1) is 17.1 Å². The molecular formula is C18H18ClN3O2. The number of carbonyl (C=O) groups excluding carboxylic acids is 1. The normalized spacial score (nSPS) is 12.3. The number of carbonyl (C=O) groups is 1. The maximum Gasteiger partial charge on any atom is 0.329 e. The Morgan fingerprint density at radius 2 is 1.88 bits per heavy atom. The van der Waals surface area contributed by atoms with Crippen LogP contribution in [-0.2, 0) is 18.4 Å². The molecule has 1 aromatic heterocycles. The minimum atomic E-state index is -0.221. The van der Waals surface area contributed by atoms with E-state index in [2.05, 4.69) is 5.32 Å². The molecule has 2 aromatic carbocycles. The Hall–Kier alpha value is -2.53. The van der Waals surface area contributed by atoms with Gasteiger partial charge in [0.25, 0.3) is 0 Å². The lowest BCUT2D eigenvalue weighted by Crippen LogP contribution is -2.34. The number of nitrogens with one attached hydrogen (secondary N) is 1. The van der Waals surface area contributed by atoms with E-state index in [1.165, 1.54) is 4.57 Å². The fourth-order valence-electron chi connectivity index (χ4n) is 2.81. The van der Waals surface area contributed by atoms with Gasteiger partial charge in [-0.3, -0.25) is 13.9 Å². The topological polar surface area (TPSA) is 56.0 Å². The summed E-state index contributed by atoms with van der Waals surface area (Å²) in [5.74, 6) is -0.221. The molecule has 0 spiro atoms. The van der Waals surface area contributed by atoms with Crippen molar-refractivity contribution in [3.8, 4) is 0 Å². The number of aryl methyl sites for hydroxylation is 1. The summed E-state index contributed by atoms with van der Waals surface area (Å²) in [6.45, 7) is 1.86. The lowest BCUT2D eigenvalue weighted by Gasteiger charge is -2.15. The number of para-hydroxylation sites is 2. The maximum atomic E-state index is 12.4. The van der Waals surface area contributed by atoms with Gasteiger partial charge in [-0.05, 0) is 36.8 Å². The summed E-state index contributed by atoms with van der Waals surface area (Å²) in [4.78, 5) is 24.7. The Balaban J connectivity index is 1.81. The summed E-state index contributed by atoms with van der Waals surface area (Å²) in [6, 6.07) is 14.6. The third-order valence-electron chi connectivity index (χ3n) is 4.08. The van der Waals surface area contributed by atoms with Crippen LogP contribution in [0.1, 0.15) is 18.5 Å². The Morgan fingerprint density at radius 1 is 1.17 bits per heavy atom. The first-order valence-electron chi connectivity index (χ1n) is 7.66. The number of aromatic nitrogens is 2. The van der Waals surface area contributed by atoms with Gasteiger partial charge in [0, 0.05) is 12.1 Å². The molecule has 3 aromatic rings. The van der Waals surface area contributed by atoms with Crippen molar-refractivity contribution in [3.63, 3.8) is 0 Å². The van der Waals surface area contributed by atoms with Crippen LogP contribution in [0.2, 0.25) is 5.02 Å². The van der Waals surface area contributed by atoms with Crippen molar-refractivity contribution in [3.05, 3.63) is 69.6 Å². The Bertz CT molecular complexity index is 958. The Kier molecular flexibility index (Phi) is 4.44. The van der Waals surface area contributed by atoms with E-state index in [1.54, 1.807) is 17.7 Å². The molecule has 3 rings (SSSR count). The Labute approximate surface area is 144 Å². The molecule has 0 radical (unpaired) electrons. The lowest BCUT2D eigenvalue weighted by atomic mass is 10.1. The summed E-state index contributed by atoms with van der Waals surface area (Å²) >= 11 is 5.98. The predicted molar refractivity (Wildman–Crippen MR) is 95.2 cm³/mol. The number of halogens is 1. The number of amides is 1. The number of nitrogens with zero attached hydrogens (tertiary/aromatic N) is 2. The highest BCUT2D eigenvalue weighted by molar-refractivity contribution is 6.30. The number of rotatable bonds is 4. The molecule has 0 saturated heterocycles. The van der Waals surface area contributed by atoms with Crippen molar-refractivity contribution in [2.75, 3.05) is 0 Å². The number of benzene rings is 2. The minimum absolute atomic E-state index is 0.0227. The molecular weight excluding hydrogens is 326 g/mol.